The number of rotatable bonds is 13. The van der Waals surface area contributed by atoms with Gasteiger partial charge in [-0.15, -0.1) is 0 Å². The maximum absolute atomic E-state index is 14.0. The Bertz CT molecular complexity index is 1660. The van der Waals surface area contributed by atoms with Gasteiger partial charge < -0.3 is 10.2 Å². The SMILES string of the molecule is O=C(NCc1ccncc1)[C@H](Cc1ccccc1)N(Cc1ccc(F)cc1)C(=O)CCc1ccc(S(=O)(=O)N2CCCC2)cc1. The van der Waals surface area contributed by atoms with Crippen molar-refractivity contribution in [1.82, 2.24) is 19.5 Å². The van der Waals surface area contributed by atoms with Crippen LogP contribution < -0.4 is 5.32 Å². The Labute approximate surface area is 264 Å². The van der Waals surface area contributed by atoms with Gasteiger partial charge in [-0.05, 0) is 77.9 Å². The number of hydrogen-bond donors (Lipinski definition) is 1. The third-order valence-electron chi connectivity index (χ3n) is 8.01. The molecule has 1 saturated heterocycles. The zero-order valence-corrected chi connectivity index (χ0v) is 25.8. The molecule has 1 atom stereocenters. The molecule has 1 aliphatic rings. The number of carbonyl (C=O) groups is 2. The lowest BCUT2D eigenvalue weighted by atomic mass is 10.0. The molecule has 45 heavy (non-hydrogen) atoms. The van der Waals surface area contributed by atoms with Gasteiger partial charge in [-0.3, -0.25) is 14.6 Å². The van der Waals surface area contributed by atoms with Crippen molar-refractivity contribution in [3.8, 4) is 0 Å². The minimum absolute atomic E-state index is 0.0995. The smallest absolute Gasteiger partial charge is 0.243 e. The van der Waals surface area contributed by atoms with Crippen LogP contribution in [0.2, 0.25) is 0 Å². The number of benzene rings is 3. The highest BCUT2D eigenvalue weighted by Gasteiger charge is 2.31. The number of amides is 2. The first kappa shape index (κ1) is 32.0. The second-order valence-corrected chi connectivity index (χ2v) is 13.1. The van der Waals surface area contributed by atoms with E-state index in [2.05, 4.69) is 10.3 Å². The van der Waals surface area contributed by atoms with E-state index in [1.807, 2.05) is 42.5 Å². The van der Waals surface area contributed by atoms with Gasteiger partial charge >= 0.3 is 0 Å². The largest absolute Gasteiger partial charge is 0.350 e. The van der Waals surface area contributed by atoms with E-state index in [9.17, 15) is 22.4 Å². The Balaban J connectivity index is 1.36. The zero-order valence-electron chi connectivity index (χ0n) is 25.0. The van der Waals surface area contributed by atoms with Crippen molar-refractivity contribution in [2.24, 2.45) is 0 Å². The molecule has 8 nitrogen and oxygen atoms in total. The van der Waals surface area contributed by atoms with Crippen molar-refractivity contribution >= 4 is 21.8 Å². The summed E-state index contributed by atoms with van der Waals surface area (Å²) in [5, 5.41) is 2.99. The molecule has 2 heterocycles. The summed E-state index contributed by atoms with van der Waals surface area (Å²) in [5.74, 6) is -0.932. The van der Waals surface area contributed by atoms with Gasteiger partial charge in [0.25, 0.3) is 0 Å². The maximum atomic E-state index is 14.0. The molecule has 234 valence electrons. The van der Waals surface area contributed by atoms with Gasteiger partial charge in [0.05, 0.1) is 4.90 Å². The van der Waals surface area contributed by atoms with Crippen molar-refractivity contribution in [2.45, 2.75) is 56.1 Å². The highest BCUT2D eigenvalue weighted by Crippen LogP contribution is 2.22. The first-order valence-corrected chi connectivity index (χ1v) is 16.6. The van der Waals surface area contributed by atoms with E-state index in [0.29, 0.717) is 31.5 Å². The standard InChI is InChI=1S/C35H37FN4O4S/c36-31-13-8-30(9-14-31)26-40(33(24-28-6-2-1-3-7-28)35(42)38-25-29-18-20-37-21-19-29)34(41)17-12-27-10-15-32(16-11-27)45(43,44)39-22-4-5-23-39/h1-3,6-11,13-16,18-21,33H,4-5,12,17,22-26H2,(H,38,42)/t33-/m0/s1. The summed E-state index contributed by atoms with van der Waals surface area (Å²) in [5.41, 5.74) is 3.28. The van der Waals surface area contributed by atoms with Crippen LogP contribution in [0.1, 0.15) is 41.5 Å². The molecule has 0 radical (unpaired) electrons. The Hall–Kier alpha value is -4.41. The fraction of sp³-hybridized carbons (Fsp3) is 0.286. The average Bonchev–Trinajstić information content (AvgIpc) is 3.63. The molecular formula is C35H37FN4O4S. The highest BCUT2D eigenvalue weighted by atomic mass is 32.2. The van der Waals surface area contributed by atoms with Crippen molar-refractivity contribution in [2.75, 3.05) is 13.1 Å². The number of nitrogens with one attached hydrogen (secondary N) is 1. The number of nitrogens with zero attached hydrogens (tertiary/aromatic N) is 3. The van der Waals surface area contributed by atoms with Gasteiger partial charge in [0.1, 0.15) is 11.9 Å². The molecule has 1 N–H and O–H groups in total. The summed E-state index contributed by atoms with van der Waals surface area (Å²) in [7, 11) is -3.53. The molecule has 3 aromatic carbocycles. The van der Waals surface area contributed by atoms with E-state index in [1.54, 1.807) is 53.7 Å². The van der Waals surface area contributed by atoms with Crippen LogP contribution in [0.4, 0.5) is 4.39 Å². The molecule has 5 rings (SSSR count). The number of sulfonamides is 1. The molecule has 4 aromatic rings. The van der Waals surface area contributed by atoms with Crippen molar-refractivity contribution < 1.29 is 22.4 Å². The fourth-order valence-electron chi connectivity index (χ4n) is 5.45. The van der Waals surface area contributed by atoms with Crippen LogP contribution in [0.15, 0.2) is 108 Å². The number of pyridine rings is 1. The van der Waals surface area contributed by atoms with Crippen LogP contribution in [-0.4, -0.2) is 53.6 Å². The van der Waals surface area contributed by atoms with Crippen molar-refractivity contribution in [1.29, 1.82) is 0 Å². The predicted octanol–water partition coefficient (Wildman–Crippen LogP) is 4.89. The molecule has 2 amide bonds. The van der Waals surface area contributed by atoms with E-state index >= 15 is 0 Å². The maximum Gasteiger partial charge on any atom is 0.243 e. The number of aromatic nitrogens is 1. The molecule has 0 bridgehead atoms. The molecular weight excluding hydrogens is 591 g/mol. The normalized spacial score (nSPS) is 14.2. The second kappa shape index (κ2) is 15.0. The number of aryl methyl sites for hydroxylation is 1. The van der Waals surface area contributed by atoms with Gasteiger partial charge in [0.2, 0.25) is 21.8 Å². The third kappa shape index (κ3) is 8.61. The predicted molar refractivity (Wildman–Crippen MR) is 170 cm³/mol. The summed E-state index contributed by atoms with van der Waals surface area (Å²) in [6.07, 6.45) is 5.78. The monoisotopic (exact) mass is 628 g/mol. The molecule has 0 saturated carbocycles. The van der Waals surface area contributed by atoms with Crippen LogP contribution >= 0.6 is 0 Å². The molecule has 0 spiro atoms. The zero-order chi connectivity index (χ0) is 31.6. The minimum Gasteiger partial charge on any atom is -0.350 e. The van der Waals surface area contributed by atoms with E-state index in [4.69, 9.17) is 0 Å². The van der Waals surface area contributed by atoms with Crippen LogP contribution in [0.5, 0.6) is 0 Å². The molecule has 1 fully saturated rings. The summed E-state index contributed by atoms with van der Waals surface area (Å²) in [6, 6.07) is 24.9. The number of halogens is 1. The Morgan fingerprint density at radius 2 is 1.47 bits per heavy atom. The lowest BCUT2D eigenvalue weighted by Gasteiger charge is -2.32. The third-order valence-corrected chi connectivity index (χ3v) is 9.92. The molecule has 0 aliphatic carbocycles. The Morgan fingerprint density at radius 3 is 2.13 bits per heavy atom. The minimum atomic E-state index is -3.53. The molecule has 1 aromatic heterocycles. The van der Waals surface area contributed by atoms with Crippen LogP contribution in [0.3, 0.4) is 0 Å². The van der Waals surface area contributed by atoms with E-state index in [0.717, 1.165) is 29.5 Å². The lowest BCUT2D eigenvalue weighted by molar-refractivity contribution is -0.141. The highest BCUT2D eigenvalue weighted by molar-refractivity contribution is 7.89. The van der Waals surface area contributed by atoms with Gasteiger partial charge in [-0.25, -0.2) is 12.8 Å². The summed E-state index contributed by atoms with van der Waals surface area (Å²) < 4.78 is 41.1. The Kier molecular flexibility index (Phi) is 10.7. The Morgan fingerprint density at radius 1 is 0.822 bits per heavy atom. The summed E-state index contributed by atoms with van der Waals surface area (Å²) in [6.45, 7) is 1.45. The average molecular weight is 629 g/mol. The topological polar surface area (TPSA) is 99.7 Å². The molecule has 0 unspecified atom stereocenters. The van der Waals surface area contributed by atoms with Gasteiger partial charge in [0.15, 0.2) is 0 Å². The second-order valence-electron chi connectivity index (χ2n) is 11.2. The van der Waals surface area contributed by atoms with Crippen molar-refractivity contribution in [3.05, 3.63) is 131 Å². The molecule has 1 aliphatic heterocycles. The van der Waals surface area contributed by atoms with Crippen LogP contribution in [0.25, 0.3) is 0 Å². The van der Waals surface area contributed by atoms with Crippen LogP contribution in [-0.2, 0) is 45.5 Å². The lowest BCUT2D eigenvalue weighted by Crippen LogP contribution is -2.50. The van der Waals surface area contributed by atoms with Gasteiger partial charge in [-0.1, -0.05) is 54.6 Å². The number of hydrogen-bond acceptors (Lipinski definition) is 5. The first-order valence-electron chi connectivity index (χ1n) is 15.1. The quantitative estimate of drug-likeness (QED) is 0.227. The van der Waals surface area contributed by atoms with Crippen LogP contribution in [0, 0.1) is 5.82 Å². The summed E-state index contributed by atoms with van der Waals surface area (Å²) in [4.78, 5) is 33.6. The van der Waals surface area contributed by atoms with Crippen molar-refractivity contribution in [3.63, 3.8) is 0 Å². The van der Waals surface area contributed by atoms with E-state index in [1.165, 1.54) is 16.4 Å². The fourth-order valence-corrected chi connectivity index (χ4v) is 6.97. The van der Waals surface area contributed by atoms with Gasteiger partial charge in [0, 0.05) is 51.4 Å². The van der Waals surface area contributed by atoms with E-state index < -0.39 is 16.1 Å². The van der Waals surface area contributed by atoms with E-state index in [-0.39, 0.29) is 42.0 Å². The van der Waals surface area contributed by atoms with Gasteiger partial charge in [-0.2, -0.15) is 4.31 Å². The number of carbonyl (C=O) groups excluding carboxylic acids is 2. The summed E-state index contributed by atoms with van der Waals surface area (Å²) >= 11 is 0. The molecule has 10 heteroatoms. The first-order chi connectivity index (χ1) is 21.8.